The van der Waals surface area contributed by atoms with E-state index >= 15 is 0 Å². The summed E-state index contributed by atoms with van der Waals surface area (Å²) in [5.74, 6) is 0.892. The van der Waals surface area contributed by atoms with E-state index in [4.69, 9.17) is 11.6 Å². The van der Waals surface area contributed by atoms with Crippen molar-refractivity contribution in [1.29, 1.82) is 0 Å². The summed E-state index contributed by atoms with van der Waals surface area (Å²) < 4.78 is 1.85. The molecule has 0 atom stereocenters. The monoisotopic (exact) mass is 345 g/mol. The van der Waals surface area contributed by atoms with Gasteiger partial charge < -0.3 is 10.6 Å². The Morgan fingerprint density at radius 2 is 2.04 bits per heavy atom. The molecule has 1 heterocycles. The Bertz CT molecular complexity index is 671. The van der Waals surface area contributed by atoms with Crippen molar-refractivity contribution < 1.29 is 0 Å². The average molecular weight is 346 g/mol. The highest BCUT2D eigenvalue weighted by Gasteiger charge is 2.15. The molecule has 0 unspecified atom stereocenters. The van der Waals surface area contributed by atoms with Crippen LogP contribution in [0.5, 0.6) is 0 Å². The number of aliphatic imine (C=N–C) groups is 1. The lowest BCUT2D eigenvalue weighted by Crippen LogP contribution is -2.42. The standard InChI is InChI=1S/C18H24ClN5/c1-2-20-18(23-16-5-3-4-6-16)21-11-14-12-22-24(13-14)17-9-7-15(19)8-10-17/h7-10,12-13,16H,2-6,11H2,1H3,(H2,20,21,23). The van der Waals surface area contributed by atoms with Gasteiger partial charge >= 0.3 is 0 Å². The SMILES string of the molecule is CCNC(=NCc1cnn(-c2ccc(Cl)cc2)c1)NC1CCCC1. The molecular formula is C18H24ClN5. The quantitative estimate of drug-likeness (QED) is 0.644. The van der Waals surface area contributed by atoms with E-state index in [1.165, 1.54) is 25.7 Å². The molecule has 2 N–H and O–H groups in total. The van der Waals surface area contributed by atoms with Crippen LogP contribution in [0, 0.1) is 0 Å². The third-order valence-electron chi connectivity index (χ3n) is 4.19. The van der Waals surface area contributed by atoms with Crippen molar-refractivity contribution in [3.63, 3.8) is 0 Å². The number of benzene rings is 1. The molecule has 2 aromatic rings. The van der Waals surface area contributed by atoms with Gasteiger partial charge in [-0.15, -0.1) is 0 Å². The second-order valence-electron chi connectivity index (χ2n) is 6.09. The Balaban J connectivity index is 1.64. The minimum absolute atomic E-state index is 0.555. The summed E-state index contributed by atoms with van der Waals surface area (Å²) in [6.45, 7) is 3.56. The lowest BCUT2D eigenvalue weighted by molar-refractivity contribution is 0.614. The lowest BCUT2D eigenvalue weighted by atomic mass is 10.2. The van der Waals surface area contributed by atoms with Crippen LogP contribution < -0.4 is 10.6 Å². The molecule has 1 fully saturated rings. The van der Waals surface area contributed by atoms with Gasteiger partial charge in [0, 0.05) is 29.4 Å². The van der Waals surface area contributed by atoms with E-state index in [1.807, 2.05) is 41.3 Å². The fourth-order valence-electron chi connectivity index (χ4n) is 2.93. The van der Waals surface area contributed by atoms with Crippen LogP contribution in [0.25, 0.3) is 5.69 Å². The van der Waals surface area contributed by atoms with Crippen LogP contribution in [0.2, 0.25) is 5.02 Å². The van der Waals surface area contributed by atoms with Crippen molar-refractivity contribution in [3.05, 3.63) is 47.2 Å². The molecule has 5 nitrogen and oxygen atoms in total. The smallest absolute Gasteiger partial charge is 0.191 e. The molecule has 6 heteroatoms. The fourth-order valence-corrected chi connectivity index (χ4v) is 3.06. The zero-order valence-corrected chi connectivity index (χ0v) is 14.8. The predicted octanol–water partition coefficient (Wildman–Crippen LogP) is 3.52. The minimum Gasteiger partial charge on any atom is -0.357 e. The number of nitrogens with zero attached hydrogens (tertiary/aromatic N) is 3. The van der Waals surface area contributed by atoms with Gasteiger partial charge in [-0.3, -0.25) is 0 Å². The highest BCUT2D eigenvalue weighted by Crippen LogP contribution is 2.17. The molecule has 1 aliphatic carbocycles. The molecule has 0 radical (unpaired) electrons. The van der Waals surface area contributed by atoms with Crippen LogP contribution in [0.4, 0.5) is 0 Å². The van der Waals surface area contributed by atoms with E-state index in [2.05, 4.69) is 27.6 Å². The van der Waals surface area contributed by atoms with E-state index in [9.17, 15) is 0 Å². The van der Waals surface area contributed by atoms with Crippen LogP contribution >= 0.6 is 11.6 Å². The number of hydrogen-bond donors (Lipinski definition) is 2. The molecule has 128 valence electrons. The Morgan fingerprint density at radius 3 is 2.75 bits per heavy atom. The van der Waals surface area contributed by atoms with Gasteiger partial charge in [-0.2, -0.15) is 5.10 Å². The Kier molecular flexibility index (Phi) is 5.75. The van der Waals surface area contributed by atoms with Gasteiger partial charge in [0.05, 0.1) is 18.4 Å². The van der Waals surface area contributed by atoms with Crippen molar-refractivity contribution in [2.24, 2.45) is 4.99 Å². The molecule has 0 amide bonds. The number of hydrogen-bond acceptors (Lipinski definition) is 2. The van der Waals surface area contributed by atoms with Gasteiger partial charge in [-0.1, -0.05) is 24.4 Å². The van der Waals surface area contributed by atoms with Crippen molar-refractivity contribution in [3.8, 4) is 5.69 Å². The summed E-state index contributed by atoms with van der Waals surface area (Å²) in [5, 5.41) is 12.0. The average Bonchev–Trinajstić information content (AvgIpc) is 3.25. The number of halogens is 1. The minimum atomic E-state index is 0.555. The van der Waals surface area contributed by atoms with Gasteiger partial charge in [0.15, 0.2) is 5.96 Å². The van der Waals surface area contributed by atoms with Crippen LogP contribution in [0.1, 0.15) is 38.2 Å². The van der Waals surface area contributed by atoms with E-state index < -0.39 is 0 Å². The molecule has 0 spiro atoms. The van der Waals surface area contributed by atoms with Gasteiger partial charge in [0.25, 0.3) is 0 Å². The van der Waals surface area contributed by atoms with E-state index in [0.717, 1.165) is 28.8 Å². The van der Waals surface area contributed by atoms with E-state index in [1.54, 1.807) is 0 Å². The summed E-state index contributed by atoms with van der Waals surface area (Å²) >= 11 is 5.93. The number of rotatable bonds is 5. The fraction of sp³-hybridized carbons (Fsp3) is 0.444. The van der Waals surface area contributed by atoms with Crippen LogP contribution in [-0.2, 0) is 6.54 Å². The van der Waals surface area contributed by atoms with Gasteiger partial charge in [-0.05, 0) is 44.0 Å². The largest absolute Gasteiger partial charge is 0.357 e. The topological polar surface area (TPSA) is 54.2 Å². The molecule has 3 rings (SSSR count). The maximum Gasteiger partial charge on any atom is 0.191 e. The zero-order chi connectivity index (χ0) is 16.8. The molecule has 0 saturated heterocycles. The molecule has 0 aliphatic heterocycles. The first-order chi connectivity index (χ1) is 11.7. The van der Waals surface area contributed by atoms with Gasteiger partial charge in [0.2, 0.25) is 0 Å². The number of aromatic nitrogens is 2. The Morgan fingerprint density at radius 1 is 1.29 bits per heavy atom. The summed E-state index contributed by atoms with van der Waals surface area (Å²) in [4.78, 5) is 4.69. The molecule has 1 aromatic carbocycles. The van der Waals surface area contributed by atoms with E-state index in [-0.39, 0.29) is 0 Å². The summed E-state index contributed by atoms with van der Waals surface area (Å²) in [7, 11) is 0. The maximum atomic E-state index is 5.93. The summed E-state index contributed by atoms with van der Waals surface area (Å²) in [6, 6.07) is 8.19. The molecule has 1 aliphatic rings. The number of guanidine groups is 1. The lowest BCUT2D eigenvalue weighted by Gasteiger charge is -2.16. The maximum absolute atomic E-state index is 5.93. The van der Waals surface area contributed by atoms with Crippen LogP contribution in [0.3, 0.4) is 0 Å². The predicted molar refractivity (Wildman–Crippen MR) is 98.8 cm³/mol. The summed E-state index contributed by atoms with van der Waals surface area (Å²) in [6.07, 6.45) is 8.96. The second kappa shape index (κ2) is 8.20. The van der Waals surface area contributed by atoms with Gasteiger partial charge in [-0.25, -0.2) is 9.67 Å². The molecule has 1 saturated carbocycles. The van der Waals surface area contributed by atoms with Crippen LogP contribution in [0.15, 0.2) is 41.7 Å². The Hall–Kier alpha value is -2.01. The molecule has 24 heavy (non-hydrogen) atoms. The molecule has 1 aromatic heterocycles. The number of nitrogens with one attached hydrogen (secondary N) is 2. The first-order valence-electron chi connectivity index (χ1n) is 8.59. The highest BCUT2D eigenvalue weighted by atomic mass is 35.5. The third-order valence-corrected chi connectivity index (χ3v) is 4.44. The van der Waals surface area contributed by atoms with Crippen molar-refractivity contribution in [2.45, 2.75) is 45.2 Å². The van der Waals surface area contributed by atoms with Crippen molar-refractivity contribution in [2.75, 3.05) is 6.54 Å². The first kappa shape index (κ1) is 16.8. The molecule has 0 bridgehead atoms. The Labute approximate surface area is 148 Å². The summed E-state index contributed by atoms with van der Waals surface area (Å²) in [5.41, 5.74) is 2.07. The normalized spacial score (nSPS) is 15.7. The van der Waals surface area contributed by atoms with Crippen LogP contribution in [-0.4, -0.2) is 28.3 Å². The highest BCUT2D eigenvalue weighted by molar-refractivity contribution is 6.30. The van der Waals surface area contributed by atoms with Gasteiger partial charge in [0.1, 0.15) is 0 Å². The first-order valence-corrected chi connectivity index (χ1v) is 8.96. The van der Waals surface area contributed by atoms with Crippen molar-refractivity contribution >= 4 is 17.6 Å². The zero-order valence-electron chi connectivity index (χ0n) is 14.0. The third kappa shape index (κ3) is 4.51. The van der Waals surface area contributed by atoms with Crippen molar-refractivity contribution in [1.82, 2.24) is 20.4 Å². The van der Waals surface area contributed by atoms with E-state index in [0.29, 0.717) is 12.6 Å². The second-order valence-corrected chi connectivity index (χ2v) is 6.53. The molecular weight excluding hydrogens is 322 g/mol.